The molecule has 1 aromatic rings. The second-order valence-electron chi connectivity index (χ2n) is 4.97. The first kappa shape index (κ1) is 15.1. The number of hydrogen-bond acceptors (Lipinski definition) is 3. The molecule has 3 rings (SSSR count). The first-order valence-corrected chi connectivity index (χ1v) is 6.70. The van der Waals surface area contributed by atoms with Crippen LogP contribution in [0, 0.1) is 11.7 Å². The molecule has 1 amide bonds. The number of rotatable bonds is 1. The number of anilines is 1. The van der Waals surface area contributed by atoms with E-state index in [4.69, 9.17) is 4.74 Å². The highest BCUT2D eigenvalue weighted by molar-refractivity contribution is 5.96. The van der Waals surface area contributed by atoms with Crippen molar-refractivity contribution in [3.8, 4) is 5.75 Å². The molecular weight excluding hydrogens is 283 g/mol. The number of halogens is 2. The zero-order chi connectivity index (χ0) is 13.2. The minimum atomic E-state index is -0.338. The fraction of sp³-hybridized carbons (Fsp3) is 0.500. The first-order chi connectivity index (χ1) is 9.25. The largest absolute Gasteiger partial charge is 0.489 e. The molecule has 1 aromatic carbocycles. The van der Waals surface area contributed by atoms with Crippen molar-refractivity contribution < 1.29 is 13.9 Å². The van der Waals surface area contributed by atoms with Crippen LogP contribution in [0.15, 0.2) is 18.2 Å². The van der Waals surface area contributed by atoms with Crippen LogP contribution in [0.4, 0.5) is 10.1 Å². The molecule has 0 aromatic heterocycles. The molecule has 1 N–H and O–H groups in total. The van der Waals surface area contributed by atoms with E-state index >= 15 is 0 Å². The van der Waals surface area contributed by atoms with Gasteiger partial charge in [0, 0.05) is 12.0 Å². The van der Waals surface area contributed by atoms with Crippen LogP contribution in [0.25, 0.3) is 0 Å². The summed E-state index contributed by atoms with van der Waals surface area (Å²) in [5.41, 5.74) is 0.691. The fourth-order valence-electron chi connectivity index (χ4n) is 2.71. The summed E-state index contributed by atoms with van der Waals surface area (Å²) in [4.78, 5) is 14.3. The highest BCUT2D eigenvalue weighted by Gasteiger charge is 2.30. The van der Waals surface area contributed by atoms with E-state index in [1.165, 1.54) is 12.1 Å². The van der Waals surface area contributed by atoms with Crippen molar-refractivity contribution in [1.82, 2.24) is 5.32 Å². The first-order valence-electron chi connectivity index (χ1n) is 6.70. The summed E-state index contributed by atoms with van der Waals surface area (Å²) in [5, 5.41) is 3.25. The standard InChI is InChI=1S/C14H17FN2O2.ClH/c15-11-1-2-12-13(9-11)19-8-7-17(12)14(18)10-3-5-16-6-4-10;/h1-2,9-10,16H,3-8H2;1H. The van der Waals surface area contributed by atoms with Crippen molar-refractivity contribution in [2.24, 2.45) is 5.92 Å². The van der Waals surface area contributed by atoms with Crippen LogP contribution in [0.5, 0.6) is 5.75 Å². The van der Waals surface area contributed by atoms with Gasteiger partial charge in [0.25, 0.3) is 0 Å². The summed E-state index contributed by atoms with van der Waals surface area (Å²) in [6.07, 6.45) is 1.74. The number of piperidine rings is 1. The molecule has 4 nitrogen and oxygen atoms in total. The average Bonchev–Trinajstić information content (AvgIpc) is 2.46. The molecule has 0 aliphatic carbocycles. The Hall–Kier alpha value is -1.33. The minimum absolute atomic E-state index is 0. The van der Waals surface area contributed by atoms with Gasteiger partial charge >= 0.3 is 0 Å². The molecule has 0 unspecified atom stereocenters. The van der Waals surface area contributed by atoms with E-state index in [1.54, 1.807) is 11.0 Å². The molecule has 0 atom stereocenters. The van der Waals surface area contributed by atoms with Crippen LogP contribution in [-0.2, 0) is 4.79 Å². The third kappa shape index (κ3) is 2.88. The van der Waals surface area contributed by atoms with E-state index in [9.17, 15) is 9.18 Å². The number of ether oxygens (including phenoxy) is 1. The molecule has 0 bridgehead atoms. The quantitative estimate of drug-likeness (QED) is 0.862. The summed E-state index contributed by atoms with van der Waals surface area (Å²) < 4.78 is 18.6. The molecule has 1 fully saturated rings. The number of nitrogens with zero attached hydrogens (tertiary/aromatic N) is 1. The number of hydrogen-bond donors (Lipinski definition) is 1. The van der Waals surface area contributed by atoms with E-state index < -0.39 is 0 Å². The lowest BCUT2D eigenvalue weighted by atomic mass is 9.96. The van der Waals surface area contributed by atoms with Gasteiger partial charge in [0.15, 0.2) is 0 Å². The Morgan fingerprint density at radius 1 is 1.35 bits per heavy atom. The van der Waals surface area contributed by atoms with Gasteiger partial charge in [-0.15, -0.1) is 12.4 Å². The zero-order valence-electron chi connectivity index (χ0n) is 11.1. The van der Waals surface area contributed by atoms with Crippen LogP contribution in [0.1, 0.15) is 12.8 Å². The SMILES string of the molecule is Cl.O=C(C1CCNCC1)N1CCOc2cc(F)ccc21. The van der Waals surface area contributed by atoms with Gasteiger partial charge in [-0.2, -0.15) is 0 Å². The topological polar surface area (TPSA) is 41.6 Å². The van der Waals surface area contributed by atoms with Gasteiger partial charge in [-0.1, -0.05) is 0 Å². The van der Waals surface area contributed by atoms with Crippen molar-refractivity contribution in [1.29, 1.82) is 0 Å². The summed E-state index contributed by atoms with van der Waals surface area (Å²) >= 11 is 0. The molecule has 2 heterocycles. The van der Waals surface area contributed by atoms with Crippen LogP contribution in [-0.4, -0.2) is 32.1 Å². The Balaban J connectivity index is 0.00000147. The Kier molecular flexibility index (Phi) is 4.83. The lowest BCUT2D eigenvalue weighted by molar-refractivity contribution is -0.123. The van der Waals surface area contributed by atoms with E-state index in [0.717, 1.165) is 25.9 Å². The number of benzene rings is 1. The van der Waals surface area contributed by atoms with Gasteiger partial charge in [-0.05, 0) is 38.1 Å². The molecule has 0 saturated carbocycles. The van der Waals surface area contributed by atoms with Crippen LogP contribution >= 0.6 is 12.4 Å². The van der Waals surface area contributed by atoms with Crippen LogP contribution < -0.4 is 15.0 Å². The van der Waals surface area contributed by atoms with Crippen molar-refractivity contribution in [3.63, 3.8) is 0 Å². The van der Waals surface area contributed by atoms with E-state index in [-0.39, 0.29) is 30.0 Å². The Morgan fingerprint density at radius 2 is 2.10 bits per heavy atom. The average molecular weight is 301 g/mol. The normalized spacial score (nSPS) is 18.8. The molecular formula is C14H18ClFN2O2. The van der Waals surface area contributed by atoms with Crippen LogP contribution in [0.3, 0.4) is 0 Å². The van der Waals surface area contributed by atoms with Crippen LogP contribution in [0.2, 0.25) is 0 Å². The molecule has 1 saturated heterocycles. The fourth-order valence-corrected chi connectivity index (χ4v) is 2.71. The molecule has 20 heavy (non-hydrogen) atoms. The Morgan fingerprint density at radius 3 is 2.85 bits per heavy atom. The van der Waals surface area contributed by atoms with Gasteiger partial charge in [0.05, 0.1) is 12.2 Å². The third-order valence-electron chi connectivity index (χ3n) is 3.74. The monoisotopic (exact) mass is 300 g/mol. The Labute approximate surface area is 123 Å². The molecule has 2 aliphatic rings. The summed E-state index contributed by atoms with van der Waals surface area (Å²) in [7, 11) is 0. The molecule has 2 aliphatic heterocycles. The lowest BCUT2D eigenvalue weighted by Gasteiger charge is -2.33. The molecule has 6 heteroatoms. The number of carbonyl (C=O) groups is 1. The molecule has 0 spiro atoms. The maximum atomic E-state index is 13.2. The number of carbonyl (C=O) groups excluding carboxylic acids is 1. The summed E-state index contributed by atoms with van der Waals surface area (Å²) in [5.74, 6) is 0.332. The van der Waals surface area contributed by atoms with Gasteiger partial charge in [-0.25, -0.2) is 4.39 Å². The number of fused-ring (bicyclic) bond motifs is 1. The van der Waals surface area contributed by atoms with Gasteiger partial charge in [0.1, 0.15) is 18.2 Å². The zero-order valence-corrected chi connectivity index (χ0v) is 11.9. The van der Waals surface area contributed by atoms with Gasteiger partial charge in [0.2, 0.25) is 5.91 Å². The predicted molar refractivity (Wildman–Crippen MR) is 77.1 cm³/mol. The van der Waals surface area contributed by atoms with Crippen molar-refractivity contribution in [2.45, 2.75) is 12.8 Å². The maximum absolute atomic E-state index is 13.2. The predicted octanol–water partition coefficient (Wildman–Crippen LogP) is 1.97. The number of amides is 1. The van der Waals surface area contributed by atoms with E-state index in [2.05, 4.69) is 5.32 Å². The maximum Gasteiger partial charge on any atom is 0.230 e. The smallest absolute Gasteiger partial charge is 0.230 e. The van der Waals surface area contributed by atoms with E-state index in [0.29, 0.717) is 24.6 Å². The van der Waals surface area contributed by atoms with Crippen molar-refractivity contribution in [3.05, 3.63) is 24.0 Å². The second kappa shape index (κ2) is 6.41. The minimum Gasteiger partial charge on any atom is -0.489 e. The van der Waals surface area contributed by atoms with E-state index in [1.807, 2.05) is 0 Å². The Bertz CT molecular complexity index is 492. The highest BCUT2D eigenvalue weighted by atomic mass is 35.5. The van der Waals surface area contributed by atoms with Gasteiger partial charge in [-0.3, -0.25) is 4.79 Å². The van der Waals surface area contributed by atoms with Crippen molar-refractivity contribution >= 4 is 24.0 Å². The second-order valence-corrected chi connectivity index (χ2v) is 4.97. The lowest BCUT2D eigenvalue weighted by Crippen LogP contribution is -2.44. The number of nitrogens with one attached hydrogen (secondary N) is 1. The highest BCUT2D eigenvalue weighted by Crippen LogP contribution is 2.33. The van der Waals surface area contributed by atoms with Gasteiger partial charge < -0.3 is 15.0 Å². The summed E-state index contributed by atoms with van der Waals surface area (Å²) in [6, 6.07) is 4.34. The third-order valence-corrected chi connectivity index (χ3v) is 3.74. The molecule has 0 radical (unpaired) electrons. The van der Waals surface area contributed by atoms with Crippen molar-refractivity contribution in [2.75, 3.05) is 31.1 Å². The molecule has 110 valence electrons. The summed E-state index contributed by atoms with van der Waals surface area (Å²) in [6.45, 7) is 2.74.